The Labute approximate surface area is 155 Å². The van der Waals surface area contributed by atoms with Gasteiger partial charge in [0, 0.05) is 19.0 Å². The van der Waals surface area contributed by atoms with Gasteiger partial charge in [-0.2, -0.15) is 4.31 Å². The molecule has 1 atom stereocenters. The highest BCUT2D eigenvalue weighted by molar-refractivity contribution is 7.89. The number of rotatable bonds is 6. The van der Waals surface area contributed by atoms with Crippen LogP contribution < -0.4 is 0 Å². The molecule has 0 spiro atoms. The van der Waals surface area contributed by atoms with Crippen molar-refractivity contribution in [3.05, 3.63) is 42.5 Å². The number of piperidine rings is 1. The van der Waals surface area contributed by atoms with Gasteiger partial charge in [-0.1, -0.05) is 36.8 Å². The molecule has 2 aromatic rings. The molecule has 3 rings (SSSR count). The molecule has 5 nitrogen and oxygen atoms in total. The maximum absolute atomic E-state index is 13.2. The minimum absolute atomic E-state index is 0.0510. The molecule has 6 heteroatoms. The van der Waals surface area contributed by atoms with Crippen LogP contribution in [0.3, 0.4) is 0 Å². The van der Waals surface area contributed by atoms with E-state index in [-0.39, 0.29) is 12.0 Å². The lowest BCUT2D eigenvalue weighted by molar-refractivity contribution is -0.140. The van der Waals surface area contributed by atoms with Crippen LogP contribution in [0.2, 0.25) is 0 Å². The Morgan fingerprint density at radius 3 is 2.69 bits per heavy atom. The van der Waals surface area contributed by atoms with Crippen molar-refractivity contribution >= 4 is 26.8 Å². The molecule has 0 N–H and O–H groups in total. The number of carbonyl (C=O) groups is 1. The summed E-state index contributed by atoms with van der Waals surface area (Å²) in [6, 6.07) is 13.0. The molecule has 1 heterocycles. The fourth-order valence-corrected chi connectivity index (χ4v) is 5.39. The monoisotopic (exact) mass is 375 g/mol. The van der Waals surface area contributed by atoms with Gasteiger partial charge in [0.15, 0.2) is 0 Å². The third kappa shape index (κ3) is 4.07. The van der Waals surface area contributed by atoms with Gasteiger partial charge in [-0.05, 0) is 48.6 Å². The maximum Gasteiger partial charge on any atom is 0.305 e. The molecule has 140 valence electrons. The van der Waals surface area contributed by atoms with Gasteiger partial charge in [0.25, 0.3) is 0 Å². The van der Waals surface area contributed by atoms with Crippen LogP contribution >= 0.6 is 0 Å². The van der Waals surface area contributed by atoms with E-state index >= 15 is 0 Å². The highest BCUT2D eigenvalue weighted by atomic mass is 32.2. The van der Waals surface area contributed by atoms with E-state index in [2.05, 4.69) is 4.74 Å². The number of fused-ring (bicyclic) bond motifs is 1. The average Bonchev–Trinajstić information content (AvgIpc) is 2.67. The zero-order valence-corrected chi connectivity index (χ0v) is 15.9. The molecule has 1 aliphatic heterocycles. The van der Waals surface area contributed by atoms with Crippen LogP contribution in [0.4, 0.5) is 0 Å². The normalized spacial score (nSPS) is 18.7. The zero-order valence-electron chi connectivity index (χ0n) is 15.1. The number of hydrogen-bond donors (Lipinski definition) is 0. The number of hydrogen-bond acceptors (Lipinski definition) is 4. The Hall–Kier alpha value is -1.92. The predicted molar refractivity (Wildman–Crippen MR) is 101 cm³/mol. The lowest BCUT2D eigenvalue weighted by atomic mass is 10.00. The van der Waals surface area contributed by atoms with E-state index in [9.17, 15) is 13.2 Å². The Kier molecular flexibility index (Phi) is 5.94. The van der Waals surface area contributed by atoms with E-state index in [0.717, 1.165) is 30.0 Å². The molecule has 0 bridgehead atoms. The lowest BCUT2D eigenvalue weighted by Crippen LogP contribution is -2.43. The molecular weight excluding hydrogens is 350 g/mol. The van der Waals surface area contributed by atoms with Crippen LogP contribution in [-0.4, -0.2) is 38.4 Å². The third-order valence-corrected chi connectivity index (χ3v) is 6.99. The Morgan fingerprint density at radius 1 is 1.15 bits per heavy atom. The van der Waals surface area contributed by atoms with Gasteiger partial charge < -0.3 is 4.74 Å². The smallest absolute Gasteiger partial charge is 0.305 e. The fraction of sp³-hybridized carbons (Fsp3) is 0.450. The SMILES string of the molecule is COC(=O)CCCC1CCCCN1S(=O)(=O)c1ccc2ccccc2c1. The quantitative estimate of drug-likeness (QED) is 0.722. The minimum Gasteiger partial charge on any atom is -0.469 e. The molecule has 1 fully saturated rings. The standard InChI is InChI=1S/C20H25NO4S/c1-25-20(22)11-6-10-18-9-4-5-14-21(18)26(23,24)19-13-12-16-7-2-3-8-17(16)15-19/h2-3,7-8,12-13,15,18H,4-6,9-11,14H2,1H3. The van der Waals surface area contributed by atoms with Gasteiger partial charge in [0.1, 0.15) is 0 Å². The van der Waals surface area contributed by atoms with Crippen LogP contribution in [0.1, 0.15) is 38.5 Å². The fourth-order valence-electron chi connectivity index (χ4n) is 3.63. The zero-order chi connectivity index (χ0) is 18.6. The third-order valence-electron chi connectivity index (χ3n) is 5.05. The van der Waals surface area contributed by atoms with Crippen LogP contribution in [0.15, 0.2) is 47.4 Å². The number of carbonyl (C=O) groups excluding carboxylic acids is 1. The second-order valence-electron chi connectivity index (χ2n) is 6.74. The predicted octanol–water partition coefficient (Wildman–Crippen LogP) is 3.73. The molecule has 2 aromatic carbocycles. The van der Waals surface area contributed by atoms with E-state index in [1.54, 1.807) is 16.4 Å². The number of esters is 1. The van der Waals surface area contributed by atoms with Gasteiger partial charge >= 0.3 is 5.97 Å². The minimum atomic E-state index is -3.54. The Morgan fingerprint density at radius 2 is 1.92 bits per heavy atom. The molecule has 0 aliphatic carbocycles. The van der Waals surface area contributed by atoms with Gasteiger partial charge in [-0.3, -0.25) is 4.79 Å². The van der Waals surface area contributed by atoms with Crippen LogP contribution in [0.25, 0.3) is 10.8 Å². The molecule has 26 heavy (non-hydrogen) atoms. The topological polar surface area (TPSA) is 63.7 Å². The number of nitrogens with zero attached hydrogens (tertiary/aromatic N) is 1. The molecule has 0 saturated carbocycles. The highest BCUT2D eigenvalue weighted by Crippen LogP contribution is 2.29. The molecule has 0 radical (unpaired) electrons. The van der Waals surface area contributed by atoms with Crippen LogP contribution in [0, 0.1) is 0 Å². The average molecular weight is 375 g/mol. The summed E-state index contributed by atoms with van der Waals surface area (Å²) in [7, 11) is -2.17. The van der Waals surface area contributed by atoms with E-state index in [1.165, 1.54) is 7.11 Å². The molecular formula is C20H25NO4S. The molecule has 0 aromatic heterocycles. The first-order chi connectivity index (χ1) is 12.5. The molecule has 1 aliphatic rings. The van der Waals surface area contributed by atoms with Crippen molar-refractivity contribution in [3.8, 4) is 0 Å². The number of ether oxygens (including phenoxy) is 1. The summed E-state index contributed by atoms with van der Waals surface area (Å²) < 4.78 is 32.8. The number of methoxy groups -OCH3 is 1. The van der Waals surface area contributed by atoms with Crippen molar-refractivity contribution in [2.75, 3.05) is 13.7 Å². The summed E-state index contributed by atoms with van der Waals surface area (Å²) in [5.74, 6) is -0.246. The van der Waals surface area contributed by atoms with Crippen molar-refractivity contribution in [2.45, 2.75) is 49.5 Å². The summed E-state index contributed by atoms with van der Waals surface area (Å²) in [6.07, 6.45) is 4.39. The second-order valence-corrected chi connectivity index (χ2v) is 8.63. The molecule has 0 amide bonds. The lowest BCUT2D eigenvalue weighted by Gasteiger charge is -2.34. The summed E-state index contributed by atoms with van der Waals surface area (Å²) in [6.45, 7) is 0.540. The van der Waals surface area contributed by atoms with Crippen LogP contribution in [0.5, 0.6) is 0 Å². The summed E-state index contributed by atoms with van der Waals surface area (Å²) in [5.41, 5.74) is 0. The summed E-state index contributed by atoms with van der Waals surface area (Å²) in [5, 5.41) is 1.95. The van der Waals surface area contributed by atoms with Gasteiger partial charge in [-0.25, -0.2) is 8.42 Å². The van der Waals surface area contributed by atoms with Crippen molar-refractivity contribution in [3.63, 3.8) is 0 Å². The van der Waals surface area contributed by atoms with E-state index in [4.69, 9.17) is 0 Å². The number of benzene rings is 2. The van der Waals surface area contributed by atoms with Crippen molar-refractivity contribution < 1.29 is 17.9 Å². The van der Waals surface area contributed by atoms with Crippen molar-refractivity contribution in [2.24, 2.45) is 0 Å². The van der Waals surface area contributed by atoms with E-state index < -0.39 is 10.0 Å². The first-order valence-corrected chi connectivity index (χ1v) is 10.5. The Bertz CT molecular complexity index is 878. The van der Waals surface area contributed by atoms with E-state index in [0.29, 0.717) is 30.7 Å². The van der Waals surface area contributed by atoms with Crippen LogP contribution in [-0.2, 0) is 19.6 Å². The number of sulfonamides is 1. The first kappa shape index (κ1) is 18.9. The van der Waals surface area contributed by atoms with Gasteiger partial charge in [-0.15, -0.1) is 0 Å². The Balaban J connectivity index is 1.81. The highest BCUT2D eigenvalue weighted by Gasteiger charge is 2.33. The van der Waals surface area contributed by atoms with Gasteiger partial charge in [0.05, 0.1) is 12.0 Å². The molecule has 1 saturated heterocycles. The van der Waals surface area contributed by atoms with Crippen molar-refractivity contribution in [1.29, 1.82) is 0 Å². The van der Waals surface area contributed by atoms with E-state index in [1.807, 2.05) is 30.3 Å². The maximum atomic E-state index is 13.2. The second kappa shape index (κ2) is 8.18. The summed E-state index contributed by atoms with van der Waals surface area (Å²) in [4.78, 5) is 11.7. The molecule has 1 unspecified atom stereocenters. The largest absolute Gasteiger partial charge is 0.469 e. The van der Waals surface area contributed by atoms with Gasteiger partial charge in [0.2, 0.25) is 10.0 Å². The van der Waals surface area contributed by atoms with Crippen molar-refractivity contribution in [1.82, 2.24) is 4.31 Å². The first-order valence-electron chi connectivity index (χ1n) is 9.10. The summed E-state index contributed by atoms with van der Waals surface area (Å²) >= 11 is 0.